The summed E-state index contributed by atoms with van der Waals surface area (Å²) in [6.07, 6.45) is 0.262. The summed E-state index contributed by atoms with van der Waals surface area (Å²) in [7, 11) is 0. The minimum Gasteiger partial charge on any atom is -0.508 e. The van der Waals surface area contributed by atoms with Gasteiger partial charge in [0.25, 0.3) is 0 Å². The molecule has 134 valence electrons. The minimum atomic E-state index is -0.382. The maximum Gasteiger partial charge on any atom is 0.311 e. The van der Waals surface area contributed by atoms with E-state index in [-0.39, 0.29) is 40.5 Å². The Labute approximate surface area is 149 Å². The van der Waals surface area contributed by atoms with Gasteiger partial charge in [-0.15, -0.1) is 0 Å². The molecule has 0 saturated heterocycles. The summed E-state index contributed by atoms with van der Waals surface area (Å²) in [4.78, 5) is 12.1. The van der Waals surface area contributed by atoms with Crippen molar-refractivity contribution in [2.45, 2.75) is 46.5 Å². The van der Waals surface area contributed by atoms with Gasteiger partial charge in [0.05, 0.1) is 6.42 Å². The zero-order chi connectivity index (χ0) is 18.8. The van der Waals surface area contributed by atoms with Crippen molar-refractivity contribution in [2.75, 3.05) is 0 Å². The van der Waals surface area contributed by atoms with Crippen molar-refractivity contribution in [1.82, 2.24) is 0 Å². The molecule has 0 fully saturated rings. The number of rotatable bonds is 4. The molecule has 0 spiro atoms. The largest absolute Gasteiger partial charge is 0.508 e. The molecule has 0 aromatic heterocycles. The van der Waals surface area contributed by atoms with Crippen LogP contribution in [-0.4, -0.2) is 16.2 Å². The molecule has 0 aliphatic heterocycles. The average molecular weight is 342 g/mol. The standard InChI is InChI=1S/C21H26O4/c1-20(2,3)13-19(24)25-18-12-15(8-11-17(18)23)21(4,5)14-6-9-16(22)10-7-14/h6-12,22-23H,13H2,1-5H3. The summed E-state index contributed by atoms with van der Waals surface area (Å²) >= 11 is 0. The number of aromatic hydroxyl groups is 2. The van der Waals surface area contributed by atoms with Crippen LogP contribution in [0.1, 0.15) is 52.2 Å². The van der Waals surface area contributed by atoms with Gasteiger partial charge in [0, 0.05) is 5.41 Å². The van der Waals surface area contributed by atoms with E-state index in [4.69, 9.17) is 4.74 Å². The Morgan fingerprint density at radius 3 is 2.04 bits per heavy atom. The predicted molar refractivity (Wildman–Crippen MR) is 98.0 cm³/mol. The second-order valence-electron chi connectivity index (χ2n) is 8.07. The van der Waals surface area contributed by atoms with Crippen molar-refractivity contribution < 1.29 is 19.7 Å². The number of hydrogen-bond acceptors (Lipinski definition) is 4. The van der Waals surface area contributed by atoms with Crippen molar-refractivity contribution >= 4 is 5.97 Å². The lowest BCUT2D eigenvalue weighted by molar-refractivity contribution is -0.136. The van der Waals surface area contributed by atoms with E-state index in [1.165, 1.54) is 6.07 Å². The fourth-order valence-electron chi connectivity index (χ4n) is 2.62. The molecule has 0 radical (unpaired) electrons. The van der Waals surface area contributed by atoms with Gasteiger partial charge in [-0.3, -0.25) is 4.79 Å². The van der Waals surface area contributed by atoms with Gasteiger partial charge in [0.2, 0.25) is 0 Å². The Morgan fingerprint density at radius 1 is 0.920 bits per heavy atom. The third-order valence-electron chi connectivity index (χ3n) is 4.17. The first kappa shape index (κ1) is 18.8. The van der Waals surface area contributed by atoms with Crippen molar-refractivity contribution in [2.24, 2.45) is 5.41 Å². The van der Waals surface area contributed by atoms with Crippen molar-refractivity contribution in [3.63, 3.8) is 0 Å². The fourth-order valence-corrected chi connectivity index (χ4v) is 2.62. The Morgan fingerprint density at radius 2 is 1.48 bits per heavy atom. The Bertz CT molecular complexity index is 752. The highest BCUT2D eigenvalue weighted by Gasteiger charge is 2.25. The van der Waals surface area contributed by atoms with E-state index in [2.05, 4.69) is 0 Å². The van der Waals surface area contributed by atoms with E-state index in [1.807, 2.05) is 52.8 Å². The number of phenolic OH excluding ortho intramolecular Hbond substituents is 2. The lowest BCUT2D eigenvalue weighted by Gasteiger charge is -2.27. The van der Waals surface area contributed by atoms with Crippen LogP contribution in [0.15, 0.2) is 42.5 Å². The summed E-state index contributed by atoms with van der Waals surface area (Å²) in [5.41, 5.74) is 1.33. The number of hydrogen-bond donors (Lipinski definition) is 2. The number of carbonyl (C=O) groups excluding carboxylic acids is 1. The van der Waals surface area contributed by atoms with E-state index in [9.17, 15) is 15.0 Å². The van der Waals surface area contributed by atoms with Gasteiger partial charge in [-0.1, -0.05) is 52.8 Å². The normalized spacial score (nSPS) is 12.0. The lowest BCUT2D eigenvalue weighted by atomic mass is 9.78. The van der Waals surface area contributed by atoms with Gasteiger partial charge in [-0.25, -0.2) is 0 Å². The van der Waals surface area contributed by atoms with E-state index in [0.29, 0.717) is 0 Å². The Kier molecular flexibility index (Phi) is 5.12. The molecular formula is C21H26O4. The fraction of sp³-hybridized carbons (Fsp3) is 0.381. The molecule has 2 rings (SSSR count). The molecule has 25 heavy (non-hydrogen) atoms. The third kappa shape index (κ3) is 4.75. The topological polar surface area (TPSA) is 66.8 Å². The molecule has 0 aliphatic rings. The van der Waals surface area contributed by atoms with Crippen LogP contribution >= 0.6 is 0 Å². The van der Waals surface area contributed by atoms with Gasteiger partial charge in [-0.05, 0) is 40.8 Å². The first-order valence-electron chi connectivity index (χ1n) is 8.33. The van der Waals surface area contributed by atoms with Gasteiger partial charge in [0.1, 0.15) is 5.75 Å². The molecule has 4 heteroatoms. The summed E-state index contributed by atoms with van der Waals surface area (Å²) < 4.78 is 5.38. The zero-order valence-electron chi connectivity index (χ0n) is 15.5. The second kappa shape index (κ2) is 6.79. The van der Waals surface area contributed by atoms with Gasteiger partial charge < -0.3 is 14.9 Å². The smallest absolute Gasteiger partial charge is 0.311 e. The van der Waals surface area contributed by atoms with Crippen molar-refractivity contribution in [3.8, 4) is 17.2 Å². The quantitative estimate of drug-likeness (QED) is 0.621. The summed E-state index contributed by atoms with van der Waals surface area (Å²) in [5, 5.41) is 19.5. The molecule has 0 atom stereocenters. The summed E-state index contributed by atoms with van der Waals surface area (Å²) in [6, 6.07) is 12.0. The summed E-state index contributed by atoms with van der Waals surface area (Å²) in [5.74, 6) is -0.0597. The van der Waals surface area contributed by atoms with Crippen LogP contribution in [0.2, 0.25) is 0 Å². The van der Waals surface area contributed by atoms with E-state index < -0.39 is 0 Å². The molecule has 4 nitrogen and oxygen atoms in total. The molecule has 2 N–H and O–H groups in total. The van der Waals surface area contributed by atoms with E-state index >= 15 is 0 Å². The molecule has 0 aliphatic carbocycles. The number of ether oxygens (including phenoxy) is 1. The molecule has 0 saturated carbocycles. The first-order chi connectivity index (χ1) is 11.5. The number of phenols is 2. The highest BCUT2D eigenvalue weighted by atomic mass is 16.5. The maximum absolute atomic E-state index is 12.1. The zero-order valence-corrected chi connectivity index (χ0v) is 15.5. The van der Waals surface area contributed by atoms with Crippen LogP contribution in [0.5, 0.6) is 17.2 Å². The predicted octanol–water partition coefficient (Wildman–Crippen LogP) is 4.77. The maximum atomic E-state index is 12.1. The second-order valence-corrected chi connectivity index (χ2v) is 8.07. The van der Waals surface area contributed by atoms with E-state index in [1.54, 1.807) is 18.2 Å². The van der Waals surface area contributed by atoms with Crippen molar-refractivity contribution in [3.05, 3.63) is 53.6 Å². The molecular weight excluding hydrogens is 316 g/mol. The number of carbonyl (C=O) groups is 1. The molecule has 2 aromatic carbocycles. The lowest BCUT2D eigenvalue weighted by Crippen LogP contribution is -2.20. The highest BCUT2D eigenvalue weighted by molar-refractivity contribution is 5.74. The monoisotopic (exact) mass is 342 g/mol. The van der Waals surface area contributed by atoms with E-state index in [0.717, 1.165) is 11.1 Å². The molecule has 0 heterocycles. The number of esters is 1. The van der Waals surface area contributed by atoms with Crippen LogP contribution in [0, 0.1) is 5.41 Å². The Hall–Kier alpha value is -2.49. The third-order valence-corrected chi connectivity index (χ3v) is 4.17. The summed E-state index contributed by atoms with van der Waals surface area (Å²) in [6.45, 7) is 9.94. The van der Waals surface area contributed by atoms with Crippen molar-refractivity contribution in [1.29, 1.82) is 0 Å². The van der Waals surface area contributed by atoms with Crippen LogP contribution in [0.4, 0.5) is 0 Å². The van der Waals surface area contributed by atoms with Gasteiger partial charge in [-0.2, -0.15) is 0 Å². The SMILES string of the molecule is CC(C)(C)CC(=O)Oc1cc(C(C)(C)c2ccc(O)cc2)ccc1O. The first-order valence-corrected chi connectivity index (χ1v) is 8.33. The van der Waals surface area contributed by atoms with Crippen LogP contribution in [0.3, 0.4) is 0 Å². The number of benzene rings is 2. The van der Waals surface area contributed by atoms with Crippen LogP contribution in [0.25, 0.3) is 0 Å². The minimum absolute atomic E-state index is 0.0625. The molecule has 2 aromatic rings. The van der Waals surface area contributed by atoms with Gasteiger partial charge >= 0.3 is 5.97 Å². The van der Waals surface area contributed by atoms with Gasteiger partial charge in [0.15, 0.2) is 11.5 Å². The van der Waals surface area contributed by atoms with Crippen LogP contribution < -0.4 is 4.74 Å². The molecule has 0 bridgehead atoms. The van der Waals surface area contributed by atoms with Crippen LogP contribution in [-0.2, 0) is 10.2 Å². The average Bonchev–Trinajstić information content (AvgIpc) is 2.48. The Balaban J connectivity index is 2.31. The molecule has 0 amide bonds. The molecule has 0 unspecified atom stereocenters. The highest BCUT2D eigenvalue weighted by Crippen LogP contribution is 2.37.